The normalized spacial score (nSPS) is 16.2. The summed E-state index contributed by atoms with van der Waals surface area (Å²) in [5.41, 5.74) is 1.64. The van der Waals surface area contributed by atoms with Crippen LogP contribution in [-0.2, 0) is 11.8 Å². The zero-order valence-corrected chi connectivity index (χ0v) is 14.2. The summed E-state index contributed by atoms with van der Waals surface area (Å²) in [7, 11) is 1.87. The van der Waals surface area contributed by atoms with Crippen molar-refractivity contribution in [1.82, 2.24) is 15.2 Å². The molecule has 1 aliphatic carbocycles. The molecule has 0 aliphatic heterocycles. The Labute approximate surface area is 140 Å². The van der Waals surface area contributed by atoms with Gasteiger partial charge in [0.15, 0.2) is 0 Å². The van der Waals surface area contributed by atoms with Crippen LogP contribution in [0.4, 0.5) is 0 Å². The first-order valence-electron chi connectivity index (χ1n) is 8.25. The van der Waals surface area contributed by atoms with Gasteiger partial charge in [-0.25, -0.2) is 0 Å². The Bertz CT molecular complexity index is 696. The molecular weight excluding hydrogens is 310 g/mol. The highest BCUT2D eigenvalue weighted by atomic mass is 32.1. The van der Waals surface area contributed by atoms with E-state index in [9.17, 15) is 9.59 Å². The minimum absolute atomic E-state index is 0.0359. The molecule has 0 radical (unpaired) electrons. The maximum absolute atomic E-state index is 12.3. The van der Waals surface area contributed by atoms with Crippen molar-refractivity contribution in [2.24, 2.45) is 7.05 Å². The van der Waals surface area contributed by atoms with E-state index in [0.29, 0.717) is 5.69 Å². The van der Waals surface area contributed by atoms with Gasteiger partial charge in [-0.3, -0.25) is 9.59 Å². The number of carbonyl (C=O) groups is 2. The first kappa shape index (κ1) is 16.1. The van der Waals surface area contributed by atoms with E-state index >= 15 is 0 Å². The summed E-state index contributed by atoms with van der Waals surface area (Å²) >= 11 is 1.61. The molecule has 124 valence electrons. The number of hydrogen-bond donors (Lipinski definition) is 2. The van der Waals surface area contributed by atoms with E-state index in [4.69, 9.17) is 0 Å². The third-order valence-corrected chi connectivity index (χ3v) is 5.38. The van der Waals surface area contributed by atoms with Crippen LogP contribution in [0, 0.1) is 0 Å². The molecule has 0 unspecified atom stereocenters. The summed E-state index contributed by atoms with van der Waals surface area (Å²) in [5, 5.41) is 7.78. The first-order valence-corrected chi connectivity index (χ1v) is 9.13. The highest BCUT2D eigenvalue weighted by Gasteiger charge is 2.17. The Balaban J connectivity index is 1.52. The van der Waals surface area contributed by atoms with Gasteiger partial charge in [0.05, 0.1) is 16.8 Å². The van der Waals surface area contributed by atoms with Gasteiger partial charge in [0.2, 0.25) is 5.91 Å². The zero-order valence-electron chi connectivity index (χ0n) is 13.4. The Morgan fingerprint density at radius 3 is 2.70 bits per heavy atom. The minimum atomic E-state index is -0.202. The lowest BCUT2D eigenvalue weighted by molar-refractivity contribution is -0.120. The van der Waals surface area contributed by atoms with Gasteiger partial charge in [0.25, 0.3) is 5.91 Å². The quantitative estimate of drug-likeness (QED) is 0.845. The molecule has 0 atom stereocenters. The second-order valence-electron chi connectivity index (χ2n) is 6.20. The van der Waals surface area contributed by atoms with Gasteiger partial charge in [0, 0.05) is 13.1 Å². The number of amides is 2. The molecule has 0 aromatic carbocycles. The van der Waals surface area contributed by atoms with Crippen LogP contribution in [0.5, 0.6) is 0 Å². The van der Waals surface area contributed by atoms with Crippen LogP contribution in [0.1, 0.15) is 49.0 Å². The summed E-state index contributed by atoms with van der Waals surface area (Å²) in [6, 6.07) is 4.14. The summed E-state index contributed by atoms with van der Waals surface area (Å²) in [5.74, 6) is -0.298. The maximum Gasteiger partial charge on any atom is 0.268 e. The second-order valence-corrected chi connectivity index (χ2v) is 7.15. The molecule has 0 bridgehead atoms. The van der Waals surface area contributed by atoms with Gasteiger partial charge in [-0.15, -0.1) is 11.3 Å². The SMILES string of the molecule is Cn1c(C(=O)NCC(=O)NC2CCCCCC2)cc2sccc21. The Morgan fingerprint density at radius 1 is 1.26 bits per heavy atom. The largest absolute Gasteiger partial charge is 0.352 e. The fraction of sp³-hybridized carbons (Fsp3) is 0.529. The lowest BCUT2D eigenvalue weighted by Crippen LogP contribution is -2.42. The van der Waals surface area contributed by atoms with E-state index in [-0.39, 0.29) is 24.4 Å². The molecule has 5 nitrogen and oxygen atoms in total. The fourth-order valence-electron chi connectivity index (χ4n) is 3.22. The van der Waals surface area contributed by atoms with Crippen molar-refractivity contribution in [2.75, 3.05) is 6.54 Å². The molecule has 6 heteroatoms. The molecule has 0 saturated heterocycles. The van der Waals surface area contributed by atoms with Gasteiger partial charge in [0.1, 0.15) is 5.69 Å². The number of hydrogen-bond acceptors (Lipinski definition) is 3. The lowest BCUT2D eigenvalue weighted by Gasteiger charge is -2.16. The number of fused-ring (bicyclic) bond motifs is 1. The van der Waals surface area contributed by atoms with E-state index in [1.165, 1.54) is 25.7 Å². The first-order chi connectivity index (χ1) is 11.1. The number of nitrogens with one attached hydrogen (secondary N) is 2. The van der Waals surface area contributed by atoms with Crippen LogP contribution in [0.2, 0.25) is 0 Å². The summed E-state index contributed by atoms with van der Waals surface area (Å²) in [6.45, 7) is 0.0359. The number of thiophene rings is 1. The van der Waals surface area contributed by atoms with E-state index in [2.05, 4.69) is 10.6 Å². The Morgan fingerprint density at radius 2 is 2.00 bits per heavy atom. The van der Waals surface area contributed by atoms with Crippen LogP contribution in [0.15, 0.2) is 17.5 Å². The third-order valence-electron chi connectivity index (χ3n) is 4.53. The number of aromatic nitrogens is 1. The fourth-order valence-corrected chi connectivity index (χ4v) is 4.07. The highest BCUT2D eigenvalue weighted by molar-refractivity contribution is 7.17. The summed E-state index contributed by atoms with van der Waals surface area (Å²) < 4.78 is 2.95. The molecule has 1 fully saturated rings. The molecule has 23 heavy (non-hydrogen) atoms. The van der Waals surface area contributed by atoms with Gasteiger partial charge >= 0.3 is 0 Å². The maximum atomic E-state index is 12.3. The van der Waals surface area contributed by atoms with Crippen molar-refractivity contribution in [2.45, 2.75) is 44.6 Å². The second kappa shape index (κ2) is 7.17. The van der Waals surface area contributed by atoms with Crippen molar-refractivity contribution < 1.29 is 9.59 Å². The number of rotatable bonds is 4. The van der Waals surface area contributed by atoms with Crippen molar-refractivity contribution >= 4 is 33.4 Å². The summed E-state index contributed by atoms with van der Waals surface area (Å²) in [4.78, 5) is 24.3. The van der Waals surface area contributed by atoms with Crippen molar-refractivity contribution in [3.63, 3.8) is 0 Å². The molecule has 2 amide bonds. The number of carbonyl (C=O) groups excluding carboxylic acids is 2. The van der Waals surface area contributed by atoms with Crippen LogP contribution in [-0.4, -0.2) is 29.0 Å². The standard InChI is InChI=1S/C17H23N3O2S/c1-20-13-8-9-23-15(13)10-14(20)17(22)18-11-16(21)19-12-6-4-2-3-5-7-12/h8-10,12H,2-7,11H2,1H3,(H,18,22)(H,19,21). The predicted molar refractivity (Wildman–Crippen MR) is 92.8 cm³/mol. The van der Waals surface area contributed by atoms with Crippen LogP contribution in [0.3, 0.4) is 0 Å². The molecule has 0 spiro atoms. The van der Waals surface area contributed by atoms with Gasteiger partial charge in [-0.1, -0.05) is 25.7 Å². The van der Waals surface area contributed by atoms with Gasteiger partial charge < -0.3 is 15.2 Å². The number of aryl methyl sites for hydroxylation is 1. The van der Waals surface area contributed by atoms with Gasteiger partial charge in [-0.05, 0) is 30.4 Å². The molecule has 1 saturated carbocycles. The average molecular weight is 333 g/mol. The van der Waals surface area contributed by atoms with Crippen molar-refractivity contribution in [3.05, 3.63) is 23.2 Å². The smallest absolute Gasteiger partial charge is 0.268 e. The van der Waals surface area contributed by atoms with Crippen LogP contribution < -0.4 is 10.6 Å². The topological polar surface area (TPSA) is 63.1 Å². The van der Waals surface area contributed by atoms with E-state index < -0.39 is 0 Å². The molecular formula is C17H23N3O2S. The number of nitrogens with zero attached hydrogens (tertiary/aromatic N) is 1. The van der Waals surface area contributed by atoms with Crippen LogP contribution in [0.25, 0.3) is 10.2 Å². The van der Waals surface area contributed by atoms with Crippen molar-refractivity contribution in [3.8, 4) is 0 Å². The Kier molecular flexibility index (Phi) is 5.00. The Hall–Kier alpha value is -1.82. The zero-order chi connectivity index (χ0) is 16.2. The molecule has 2 aromatic heterocycles. The molecule has 3 rings (SSSR count). The van der Waals surface area contributed by atoms with Crippen molar-refractivity contribution in [1.29, 1.82) is 0 Å². The summed E-state index contributed by atoms with van der Waals surface area (Å²) in [6.07, 6.45) is 6.97. The van der Waals surface area contributed by atoms with Crippen LogP contribution >= 0.6 is 11.3 Å². The monoisotopic (exact) mass is 333 g/mol. The molecule has 1 aliphatic rings. The molecule has 2 N–H and O–H groups in total. The highest BCUT2D eigenvalue weighted by Crippen LogP contribution is 2.24. The minimum Gasteiger partial charge on any atom is -0.352 e. The lowest BCUT2D eigenvalue weighted by atomic mass is 10.1. The molecule has 2 aromatic rings. The average Bonchev–Trinajstić information content (AvgIpc) is 3.01. The molecule has 2 heterocycles. The predicted octanol–water partition coefficient (Wildman–Crippen LogP) is 2.81. The van der Waals surface area contributed by atoms with E-state index in [0.717, 1.165) is 23.1 Å². The van der Waals surface area contributed by atoms with Gasteiger partial charge in [-0.2, -0.15) is 0 Å². The van der Waals surface area contributed by atoms with E-state index in [1.54, 1.807) is 11.3 Å². The van der Waals surface area contributed by atoms with E-state index in [1.807, 2.05) is 29.1 Å². The third kappa shape index (κ3) is 3.75.